The molecule has 0 bridgehead atoms. The summed E-state index contributed by atoms with van der Waals surface area (Å²) >= 11 is 0. The van der Waals surface area contributed by atoms with E-state index in [1.54, 1.807) is 0 Å². The SMILES string of the molecule is CCc1cc(C)cc(Nc2nc3ccccc3nc2NOc2cccc(NC)c2)c1. The van der Waals surface area contributed by atoms with Crippen LogP contribution in [-0.2, 0) is 6.42 Å². The minimum atomic E-state index is 0.517. The highest BCUT2D eigenvalue weighted by atomic mass is 16.6. The molecule has 0 radical (unpaired) electrons. The normalized spacial score (nSPS) is 10.6. The summed E-state index contributed by atoms with van der Waals surface area (Å²) in [5.41, 5.74) is 8.96. The first kappa shape index (κ1) is 19.5. The van der Waals surface area contributed by atoms with E-state index < -0.39 is 0 Å². The number of anilines is 4. The first-order valence-electron chi connectivity index (χ1n) is 9.99. The molecule has 4 rings (SSSR count). The van der Waals surface area contributed by atoms with Gasteiger partial charge in [0.15, 0.2) is 11.6 Å². The molecule has 0 aliphatic heterocycles. The number of nitrogens with zero attached hydrogens (tertiary/aromatic N) is 2. The lowest BCUT2D eigenvalue weighted by Gasteiger charge is -2.15. The quantitative estimate of drug-likeness (QED) is 0.347. The van der Waals surface area contributed by atoms with Crippen LogP contribution in [0.5, 0.6) is 5.75 Å². The maximum absolute atomic E-state index is 5.80. The maximum Gasteiger partial charge on any atom is 0.204 e. The number of benzene rings is 3. The number of fused-ring (bicyclic) bond motifs is 1. The Balaban J connectivity index is 1.67. The Hall–Kier alpha value is -3.80. The third kappa shape index (κ3) is 4.43. The second kappa shape index (κ2) is 8.69. The van der Waals surface area contributed by atoms with E-state index >= 15 is 0 Å². The minimum absolute atomic E-state index is 0.517. The Morgan fingerprint density at radius 3 is 2.33 bits per heavy atom. The smallest absolute Gasteiger partial charge is 0.204 e. The third-order valence-corrected chi connectivity index (χ3v) is 4.77. The zero-order valence-electron chi connectivity index (χ0n) is 17.4. The van der Waals surface area contributed by atoms with Gasteiger partial charge in [-0.1, -0.05) is 31.2 Å². The molecule has 0 unspecified atom stereocenters. The predicted octanol–water partition coefficient (Wildman–Crippen LogP) is 5.69. The van der Waals surface area contributed by atoms with Crippen molar-refractivity contribution in [3.63, 3.8) is 0 Å². The predicted molar refractivity (Wildman–Crippen MR) is 124 cm³/mol. The van der Waals surface area contributed by atoms with Crippen molar-refractivity contribution in [3.8, 4) is 5.75 Å². The van der Waals surface area contributed by atoms with Gasteiger partial charge in [0, 0.05) is 24.5 Å². The molecule has 0 spiro atoms. The summed E-state index contributed by atoms with van der Waals surface area (Å²) in [6, 6.07) is 21.9. The Morgan fingerprint density at radius 2 is 1.60 bits per heavy atom. The molecule has 4 aromatic rings. The molecule has 1 aromatic heterocycles. The van der Waals surface area contributed by atoms with Crippen LogP contribution in [0.1, 0.15) is 18.1 Å². The van der Waals surface area contributed by atoms with Crippen LogP contribution < -0.4 is 21.0 Å². The standard InChI is InChI=1S/C24H25N5O/c1-4-17-12-16(2)13-19(14-17)26-23-24(28-22-11-6-5-10-21(22)27-23)29-30-20-9-7-8-18(15-20)25-3/h5-15,25H,4H2,1-3H3,(H,26,27)(H,28,29). The molecule has 0 saturated heterocycles. The summed E-state index contributed by atoms with van der Waals surface area (Å²) in [5, 5.41) is 6.51. The average molecular weight is 399 g/mol. The van der Waals surface area contributed by atoms with Gasteiger partial charge in [0.25, 0.3) is 0 Å². The largest absolute Gasteiger partial charge is 0.388 e. The average Bonchev–Trinajstić information content (AvgIpc) is 2.77. The molecular weight excluding hydrogens is 374 g/mol. The first-order chi connectivity index (χ1) is 14.6. The zero-order chi connectivity index (χ0) is 20.9. The van der Waals surface area contributed by atoms with Gasteiger partial charge in [0.1, 0.15) is 0 Å². The van der Waals surface area contributed by atoms with Gasteiger partial charge in [-0.3, -0.25) is 0 Å². The van der Waals surface area contributed by atoms with Crippen LogP contribution in [0.4, 0.5) is 23.0 Å². The highest BCUT2D eigenvalue weighted by molar-refractivity contribution is 5.81. The summed E-state index contributed by atoms with van der Waals surface area (Å²) in [6.45, 7) is 4.24. The van der Waals surface area contributed by atoms with Crippen molar-refractivity contribution in [1.82, 2.24) is 9.97 Å². The van der Waals surface area contributed by atoms with Crippen LogP contribution in [0.15, 0.2) is 66.7 Å². The lowest BCUT2D eigenvalue weighted by atomic mass is 10.1. The van der Waals surface area contributed by atoms with Crippen molar-refractivity contribution in [3.05, 3.63) is 77.9 Å². The Morgan fingerprint density at radius 1 is 0.833 bits per heavy atom. The molecule has 0 saturated carbocycles. The molecular formula is C24H25N5O. The molecule has 6 nitrogen and oxygen atoms in total. The number of aromatic nitrogens is 2. The third-order valence-electron chi connectivity index (χ3n) is 4.77. The van der Waals surface area contributed by atoms with E-state index in [9.17, 15) is 0 Å². The number of nitrogens with one attached hydrogen (secondary N) is 3. The molecule has 0 atom stereocenters. The Kier molecular flexibility index (Phi) is 5.66. The first-order valence-corrected chi connectivity index (χ1v) is 9.99. The van der Waals surface area contributed by atoms with Crippen molar-refractivity contribution in [1.29, 1.82) is 0 Å². The molecule has 6 heteroatoms. The minimum Gasteiger partial charge on any atom is -0.388 e. The van der Waals surface area contributed by atoms with Crippen molar-refractivity contribution < 1.29 is 4.84 Å². The zero-order valence-corrected chi connectivity index (χ0v) is 17.4. The molecule has 3 aromatic carbocycles. The van der Waals surface area contributed by atoms with Gasteiger partial charge >= 0.3 is 0 Å². The van der Waals surface area contributed by atoms with Gasteiger partial charge in [-0.05, 0) is 60.9 Å². The fourth-order valence-corrected chi connectivity index (χ4v) is 3.26. The van der Waals surface area contributed by atoms with Crippen molar-refractivity contribution in [2.75, 3.05) is 23.2 Å². The Bertz CT molecular complexity index is 1180. The highest BCUT2D eigenvalue weighted by Crippen LogP contribution is 2.27. The summed E-state index contributed by atoms with van der Waals surface area (Å²) in [5.74, 6) is 1.79. The summed E-state index contributed by atoms with van der Waals surface area (Å²) in [4.78, 5) is 15.3. The van der Waals surface area contributed by atoms with Crippen molar-refractivity contribution in [2.45, 2.75) is 20.3 Å². The highest BCUT2D eigenvalue weighted by Gasteiger charge is 2.11. The van der Waals surface area contributed by atoms with Gasteiger partial charge in [0.05, 0.1) is 11.0 Å². The lowest BCUT2D eigenvalue weighted by Crippen LogP contribution is -2.10. The number of aryl methyl sites for hydroxylation is 2. The van der Waals surface area contributed by atoms with Crippen LogP contribution >= 0.6 is 0 Å². The molecule has 0 amide bonds. The van der Waals surface area contributed by atoms with Gasteiger partial charge in [0.2, 0.25) is 5.82 Å². The Labute approximate surface area is 176 Å². The van der Waals surface area contributed by atoms with E-state index in [4.69, 9.17) is 14.8 Å². The van der Waals surface area contributed by atoms with Gasteiger partial charge in [-0.15, -0.1) is 0 Å². The van der Waals surface area contributed by atoms with Gasteiger partial charge in [-0.25, -0.2) is 15.4 Å². The monoisotopic (exact) mass is 399 g/mol. The van der Waals surface area contributed by atoms with Crippen LogP contribution in [-0.4, -0.2) is 17.0 Å². The summed E-state index contributed by atoms with van der Waals surface area (Å²) < 4.78 is 0. The van der Waals surface area contributed by atoms with Crippen LogP contribution in [0.3, 0.4) is 0 Å². The van der Waals surface area contributed by atoms with Crippen LogP contribution in [0.25, 0.3) is 11.0 Å². The summed E-state index contributed by atoms with van der Waals surface area (Å²) in [7, 11) is 1.87. The van der Waals surface area contributed by atoms with Crippen LogP contribution in [0, 0.1) is 6.92 Å². The number of rotatable bonds is 7. The molecule has 0 fully saturated rings. The molecule has 1 heterocycles. The number of hydrogen-bond acceptors (Lipinski definition) is 6. The van der Waals surface area contributed by atoms with Crippen molar-refractivity contribution in [2.24, 2.45) is 0 Å². The lowest BCUT2D eigenvalue weighted by molar-refractivity contribution is 0.403. The van der Waals surface area contributed by atoms with Crippen molar-refractivity contribution >= 4 is 34.0 Å². The molecule has 3 N–H and O–H groups in total. The molecule has 30 heavy (non-hydrogen) atoms. The maximum atomic E-state index is 5.80. The fourth-order valence-electron chi connectivity index (χ4n) is 3.26. The van der Waals surface area contributed by atoms with E-state index in [1.165, 1.54) is 11.1 Å². The van der Waals surface area contributed by atoms with Gasteiger partial charge in [-0.2, -0.15) is 0 Å². The molecule has 152 valence electrons. The topological polar surface area (TPSA) is 71.1 Å². The van der Waals surface area contributed by atoms with E-state index in [1.807, 2.05) is 55.6 Å². The van der Waals surface area contributed by atoms with E-state index in [0.29, 0.717) is 17.4 Å². The number of hydrogen-bond donors (Lipinski definition) is 3. The van der Waals surface area contributed by atoms with E-state index in [0.717, 1.165) is 28.8 Å². The molecule has 0 aliphatic carbocycles. The summed E-state index contributed by atoms with van der Waals surface area (Å²) in [6.07, 6.45) is 0.968. The second-order valence-corrected chi connectivity index (χ2v) is 7.08. The second-order valence-electron chi connectivity index (χ2n) is 7.08. The van der Waals surface area contributed by atoms with E-state index in [2.05, 4.69) is 48.2 Å². The van der Waals surface area contributed by atoms with Gasteiger partial charge < -0.3 is 15.5 Å². The fraction of sp³-hybridized carbons (Fsp3) is 0.167. The van der Waals surface area contributed by atoms with E-state index in [-0.39, 0.29) is 0 Å². The number of para-hydroxylation sites is 2. The molecule has 0 aliphatic rings. The van der Waals surface area contributed by atoms with Crippen LogP contribution in [0.2, 0.25) is 0 Å².